The molecule has 0 aliphatic heterocycles. The lowest BCUT2D eigenvalue weighted by Gasteiger charge is -2.12. The highest BCUT2D eigenvalue weighted by Crippen LogP contribution is 2.34. The number of hydrogen-bond donors (Lipinski definition) is 1. The van der Waals surface area contributed by atoms with E-state index in [4.69, 9.17) is 21.3 Å². The Morgan fingerprint density at radius 3 is 2.81 bits per heavy atom. The van der Waals surface area contributed by atoms with Crippen LogP contribution < -0.4 is 10.3 Å². The van der Waals surface area contributed by atoms with Crippen molar-refractivity contribution in [1.29, 1.82) is 0 Å². The van der Waals surface area contributed by atoms with Crippen LogP contribution in [0.2, 0.25) is 5.15 Å². The molecule has 0 unspecified atom stereocenters. The standard InChI is InChI=1S/C18H20ClN5O2/c1-2-10-24-14-15(21-16(24)11-6-3-4-7-11)22-18(23-17(14)25)26-13-9-5-8-12(19)20-13/h5,8-9,11H,2-4,6-7,10H2,1H3,(H,22,23,25). The number of halogens is 1. The quantitative estimate of drug-likeness (QED) is 0.682. The fraction of sp³-hybridized carbons (Fsp3) is 0.444. The molecule has 0 spiro atoms. The average Bonchev–Trinajstić information content (AvgIpc) is 3.23. The summed E-state index contributed by atoms with van der Waals surface area (Å²) in [4.78, 5) is 28.5. The predicted molar refractivity (Wildman–Crippen MR) is 99.0 cm³/mol. The number of aromatic amines is 1. The summed E-state index contributed by atoms with van der Waals surface area (Å²) in [6.07, 6.45) is 5.56. The van der Waals surface area contributed by atoms with E-state index < -0.39 is 0 Å². The first-order valence-corrected chi connectivity index (χ1v) is 9.34. The highest BCUT2D eigenvalue weighted by molar-refractivity contribution is 6.29. The van der Waals surface area contributed by atoms with Crippen molar-refractivity contribution in [2.45, 2.75) is 51.5 Å². The van der Waals surface area contributed by atoms with Crippen molar-refractivity contribution in [2.24, 2.45) is 0 Å². The Bertz CT molecular complexity index is 991. The molecule has 1 N–H and O–H groups in total. The van der Waals surface area contributed by atoms with Crippen LogP contribution in [0.5, 0.6) is 11.9 Å². The second-order valence-corrected chi connectivity index (χ2v) is 6.93. The smallest absolute Gasteiger partial charge is 0.305 e. The summed E-state index contributed by atoms with van der Waals surface area (Å²) in [5, 5.41) is 0.307. The number of imidazole rings is 1. The summed E-state index contributed by atoms with van der Waals surface area (Å²) in [6, 6.07) is 5.08. The lowest BCUT2D eigenvalue weighted by atomic mass is 10.1. The molecule has 7 nitrogen and oxygen atoms in total. The lowest BCUT2D eigenvalue weighted by Crippen LogP contribution is -2.15. The van der Waals surface area contributed by atoms with Gasteiger partial charge in [0.15, 0.2) is 11.2 Å². The van der Waals surface area contributed by atoms with E-state index in [9.17, 15) is 4.79 Å². The van der Waals surface area contributed by atoms with E-state index in [0.29, 0.717) is 22.2 Å². The van der Waals surface area contributed by atoms with Crippen molar-refractivity contribution < 1.29 is 4.74 Å². The molecular weight excluding hydrogens is 354 g/mol. The van der Waals surface area contributed by atoms with Gasteiger partial charge in [-0.3, -0.25) is 9.78 Å². The van der Waals surface area contributed by atoms with E-state index in [2.05, 4.69) is 21.9 Å². The zero-order chi connectivity index (χ0) is 18.1. The first-order chi connectivity index (χ1) is 12.7. The van der Waals surface area contributed by atoms with Gasteiger partial charge in [0.1, 0.15) is 11.0 Å². The SMILES string of the molecule is CCCn1c(C2CCCC2)nc2nc(Oc3cccc(Cl)n3)[nH]c(=O)c21. The number of ether oxygens (including phenoxy) is 1. The minimum absolute atomic E-state index is 0.0661. The van der Waals surface area contributed by atoms with Crippen LogP contribution in [0.4, 0.5) is 0 Å². The third-order valence-corrected chi connectivity index (χ3v) is 4.89. The van der Waals surface area contributed by atoms with Gasteiger partial charge < -0.3 is 9.30 Å². The van der Waals surface area contributed by atoms with E-state index in [0.717, 1.165) is 31.6 Å². The number of rotatable bonds is 5. The molecule has 3 aromatic heterocycles. The third-order valence-electron chi connectivity index (χ3n) is 4.68. The van der Waals surface area contributed by atoms with Gasteiger partial charge in [-0.15, -0.1) is 0 Å². The van der Waals surface area contributed by atoms with Gasteiger partial charge in [-0.25, -0.2) is 9.97 Å². The summed E-state index contributed by atoms with van der Waals surface area (Å²) < 4.78 is 7.60. The molecule has 0 amide bonds. The van der Waals surface area contributed by atoms with Crippen LogP contribution in [0.15, 0.2) is 23.0 Å². The number of nitrogens with one attached hydrogen (secondary N) is 1. The molecule has 0 atom stereocenters. The van der Waals surface area contributed by atoms with Gasteiger partial charge in [-0.2, -0.15) is 4.98 Å². The molecule has 8 heteroatoms. The number of aromatic nitrogens is 5. The second-order valence-electron chi connectivity index (χ2n) is 6.55. The molecule has 0 bridgehead atoms. The Balaban J connectivity index is 1.77. The first-order valence-electron chi connectivity index (χ1n) is 8.96. The highest BCUT2D eigenvalue weighted by atomic mass is 35.5. The molecular formula is C18H20ClN5O2. The third kappa shape index (κ3) is 3.19. The van der Waals surface area contributed by atoms with Gasteiger partial charge in [0.05, 0.1) is 0 Å². The number of pyridine rings is 1. The Kier molecular flexibility index (Phi) is 4.63. The van der Waals surface area contributed by atoms with Crippen molar-refractivity contribution in [2.75, 3.05) is 0 Å². The number of aryl methyl sites for hydroxylation is 1. The fourth-order valence-electron chi connectivity index (χ4n) is 3.58. The molecule has 26 heavy (non-hydrogen) atoms. The van der Waals surface area contributed by atoms with Crippen LogP contribution in [0, 0.1) is 0 Å². The number of H-pyrrole nitrogens is 1. The van der Waals surface area contributed by atoms with Gasteiger partial charge in [0.25, 0.3) is 5.56 Å². The van der Waals surface area contributed by atoms with Gasteiger partial charge in [0, 0.05) is 18.5 Å². The van der Waals surface area contributed by atoms with Crippen LogP contribution in [0.3, 0.4) is 0 Å². The molecule has 0 saturated heterocycles. The second kappa shape index (κ2) is 7.07. The zero-order valence-corrected chi connectivity index (χ0v) is 15.3. The van der Waals surface area contributed by atoms with Crippen LogP contribution in [-0.2, 0) is 6.54 Å². The topological polar surface area (TPSA) is 85.7 Å². The number of hydrogen-bond acceptors (Lipinski definition) is 5. The largest absolute Gasteiger partial charge is 0.406 e. The van der Waals surface area contributed by atoms with Gasteiger partial charge in [-0.1, -0.05) is 37.4 Å². The molecule has 0 radical (unpaired) electrons. The summed E-state index contributed by atoms with van der Waals surface area (Å²) in [6.45, 7) is 2.84. The first kappa shape index (κ1) is 17.0. The molecule has 4 rings (SSSR count). The zero-order valence-electron chi connectivity index (χ0n) is 14.5. The minimum atomic E-state index is -0.253. The Morgan fingerprint density at radius 2 is 2.08 bits per heavy atom. The van der Waals surface area contributed by atoms with Crippen molar-refractivity contribution in [1.82, 2.24) is 24.5 Å². The molecule has 1 aliphatic rings. The van der Waals surface area contributed by atoms with Crippen LogP contribution in [-0.4, -0.2) is 24.5 Å². The summed E-state index contributed by atoms with van der Waals surface area (Å²) >= 11 is 5.87. The van der Waals surface area contributed by atoms with Crippen LogP contribution in [0.25, 0.3) is 11.2 Å². The number of fused-ring (bicyclic) bond motifs is 1. The molecule has 3 heterocycles. The van der Waals surface area contributed by atoms with E-state index in [1.165, 1.54) is 12.8 Å². The van der Waals surface area contributed by atoms with Gasteiger partial charge in [0.2, 0.25) is 5.88 Å². The van der Waals surface area contributed by atoms with Crippen molar-refractivity contribution in [3.63, 3.8) is 0 Å². The van der Waals surface area contributed by atoms with E-state index in [1.807, 2.05) is 4.57 Å². The summed E-state index contributed by atoms with van der Waals surface area (Å²) in [5.74, 6) is 1.63. The maximum Gasteiger partial charge on any atom is 0.305 e. The summed E-state index contributed by atoms with van der Waals surface area (Å²) in [7, 11) is 0. The molecule has 3 aromatic rings. The monoisotopic (exact) mass is 373 g/mol. The van der Waals surface area contributed by atoms with E-state index >= 15 is 0 Å². The van der Waals surface area contributed by atoms with Gasteiger partial charge >= 0.3 is 6.01 Å². The average molecular weight is 374 g/mol. The van der Waals surface area contributed by atoms with E-state index in [-0.39, 0.29) is 17.4 Å². The van der Waals surface area contributed by atoms with E-state index in [1.54, 1.807) is 18.2 Å². The van der Waals surface area contributed by atoms with Crippen molar-refractivity contribution in [3.8, 4) is 11.9 Å². The predicted octanol–water partition coefficient (Wildman–Crippen LogP) is 4.03. The van der Waals surface area contributed by atoms with Crippen LogP contribution in [0.1, 0.15) is 50.8 Å². The lowest BCUT2D eigenvalue weighted by molar-refractivity contribution is 0.425. The fourth-order valence-corrected chi connectivity index (χ4v) is 3.74. The normalized spacial score (nSPS) is 15.0. The maximum absolute atomic E-state index is 12.7. The number of nitrogens with zero attached hydrogens (tertiary/aromatic N) is 4. The molecule has 1 fully saturated rings. The van der Waals surface area contributed by atoms with Crippen molar-refractivity contribution >= 4 is 22.8 Å². The molecule has 1 aliphatic carbocycles. The Labute approximate surface area is 155 Å². The maximum atomic E-state index is 12.7. The Hall–Kier alpha value is -2.41. The molecule has 1 saturated carbocycles. The minimum Gasteiger partial charge on any atom is -0.406 e. The van der Waals surface area contributed by atoms with Gasteiger partial charge in [-0.05, 0) is 25.3 Å². The Morgan fingerprint density at radius 1 is 1.27 bits per heavy atom. The van der Waals surface area contributed by atoms with Crippen molar-refractivity contribution in [3.05, 3.63) is 39.5 Å². The highest BCUT2D eigenvalue weighted by Gasteiger charge is 2.25. The molecule has 0 aromatic carbocycles. The van der Waals surface area contributed by atoms with Crippen LogP contribution >= 0.6 is 11.6 Å². The molecule has 136 valence electrons. The summed E-state index contributed by atoms with van der Waals surface area (Å²) in [5.41, 5.74) is 0.679.